The molecule has 0 atom stereocenters. The summed E-state index contributed by atoms with van der Waals surface area (Å²) in [7, 11) is 0. The number of hydrogen-bond donors (Lipinski definition) is 0. The molecule has 0 saturated heterocycles. The summed E-state index contributed by atoms with van der Waals surface area (Å²) >= 11 is 3.65. The van der Waals surface area contributed by atoms with E-state index in [1.807, 2.05) is 0 Å². The van der Waals surface area contributed by atoms with Gasteiger partial charge in [0.2, 0.25) is 0 Å². The zero-order valence-electron chi connectivity index (χ0n) is 11.2. The average Bonchev–Trinajstić information content (AvgIpc) is 2.41. The van der Waals surface area contributed by atoms with Gasteiger partial charge in [-0.15, -0.1) is 0 Å². The molecular weight excluding hydrogens is 298 g/mol. The molecular formula is C17H18BrN. The highest BCUT2D eigenvalue weighted by atomic mass is 79.9. The van der Waals surface area contributed by atoms with Gasteiger partial charge in [-0.3, -0.25) is 0 Å². The molecule has 2 heteroatoms. The average molecular weight is 316 g/mol. The van der Waals surface area contributed by atoms with Crippen molar-refractivity contribution in [1.29, 1.82) is 0 Å². The third kappa shape index (κ3) is 2.69. The number of anilines is 1. The standard InChI is InChI=1S/C17H18BrN/c1-13-8-9-17-14(11-13)6-4-10-19(17)12-15-5-2-3-7-16(15)18/h2-3,5,7-9,11H,4,6,10,12H2,1H3. The second-order valence-corrected chi connectivity index (χ2v) is 6.10. The molecule has 3 rings (SSSR count). The van der Waals surface area contributed by atoms with Gasteiger partial charge in [-0.25, -0.2) is 0 Å². The minimum Gasteiger partial charge on any atom is -0.367 e. The normalized spacial score (nSPS) is 14.3. The van der Waals surface area contributed by atoms with E-state index in [0.29, 0.717) is 0 Å². The molecule has 0 saturated carbocycles. The van der Waals surface area contributed by atoms with E-state index < -0.39 is 0 Å². The summed E-state index contributed by atoms with van der Waals surface area (Å²) in [5.74, 6) is 0. The Kier molecular flexibility index (Phi) is 3.61. The van der Waals surface area contributed by atoms with Gasteiger partial charge in [-0.05, 0) is 43.0 Å². The molecule has 0 fully saturated rings. The van der Waals surface area contributed by atoms with Crippen molar-refractivity contribution >= 4 is 21.6 Å². The van der Waals surface area contributed by atoms with Crippen LogP contribution in [-0.4, -0.2) is 6.54 Å². The Morgan fingerprint density at radius 1 is 1.16 bits per heavy atom. The third-order valence-electron chi connectivity index (χ3n) is 3.77. The molecule has 98 valence electrons. The second kappa shape index (κ2) is 5.38. The van der Waals surface area contributed by atoms with Crippen LogP contribution in [0.2, 0.25) is 0 Å². The summed E-state index contributed by atoms with van der Waals surface area (Å²) in [6, 6.07) is 15.3. The quantitative estimate of drug-likeness (QED) is 0.775. The van der Waals surface area contributed by atoms with E-state index in [1.165, 1.54) is 39.7 Å². The summed E-state index contributed by atoms with van der Waals surface area (Å²) < 4.78 is 1.20. The zero-order chi connectivity index (χ0) is 13.2. The molecule has 0 bridgehead atoms. The molecule has 0 aliphatic carbocycles. The first-order chi connectivity index (χ1) is 9.24. The lowest BCUT2D eigenvalue weighted by Crippen LogP contribution is -2.28. The van der Waals surface area contributed by atoms with Crippen molar-refractivity contribution in [2.45, 2.75) is 26.3 Å². The predicted octanol–water partition coefficient (Wildman–Crippen LogP) is 4.71. The SMILES string of the molecule is Cc1ccc2c(c1)CCCN2Cc1ccccc1Br. The van der Waals surface area contributed by atoms with E-state index in [4.69, 9.17) is 0 Å². The Bertz CT molecular complexity index is 592. The predicted molar refractivity (Wildman–Crippen MR) is 84.7 cm³/mol. The van der Waals surface area contributed by atoms with Gasteiger partial charge >= 0.3 is 0 Å². The van der Waals surface area contributed by atoms with Gasteiger partial charge in [-0.1, -0.05) is 51.8 Å². The van der Waals surface area contributed by atoms with Gasteiger partial charge in [0.25, 0.3) is 0 Å². The molecule has 1 nitrogen and oxygen atoms in total. The van der Waals surface area contributed by atoms with E-state index in [1.54, 1.807) is 0 Å². The van der Waals surface area contributed by atoms with Crippen molar-refractivity contribution in [3.63, 3.8) is 0 Å². The van der Waals surface area contributed by atoms with Crippen molar-refractivity contribution in [1.82, 2.24) is 0 Å². The number of nitrogens with zero attached hydrogens (tertiary/aromatic N) is 1. The van der Waals surface area contributed by atoms with Crippen LogP contribution in [0.1, 0.15) is 23.1 Å². The summed E-state index contributed by atoms with van der Waals surface area (Å²) in [6.45, 7) is 4.31. The maximum absolute atomic E-state index is 3.65. The van der Waals surface area contributed by atoms with E-state index in [-0.39, 0.29) is 0 Å². The molecule has 0 N–H and O–H groups in total. The van der Waals surface area contributed by atoms with Crippen LogP contribution in [0.5, 0.6) is 0 Å². The topological polar surface area (TPSA) is 3.24 Å². The van der Waals surface area contributed by atoms with Gasteiger partial charge in [0, 0.05) is 23.2 Å². The van der Waals surface area contributed by atoms with Gasteiger partial charge < -0.3 is 4.90 Å². The highest BCUT2D eigenvalue weighted by molar-refractivity contribution is 9.10. The van der Waals surface area contributed by atoms with E-state index >= 15 is 0 Å². The van der Waals surface area contributed by atoms with Crippen LogP contribution in [0.3, 0.4) is 0 Å². The molecule has 0 amide bonds. The van der Waals surface area contributed by atoms with E-state index in [0.717, 1.165) is 13.1 Å². The van der Waals surface area contributed by atoms with Crippen LogP contribution >= 0.6 is 15.9 Å². The maximum atomic E-state index is 3.65. The van der Waals surface area contributed by atoms with Crippen LogP contribution in [0.15, 0.2) is 46.9 Å². The molecule has 1 aliphatic rings. The maximum Gasteiger partial charge on any atom is 0.0440 e. The Morgan fingerprint density at radius 2 is 2.00 bits per heavy atom. The lowest BCUT2D eigenvalue weighted by Gasteiger charge is -2.32. The second-order valence-electron chi connectivity index (χ2n) is 5.25. The summed E-state index contributed by atoms with van der Waals surface area (Å²) in [6.07, 6.45) is 2.46. The Hall–Kier alpha value is -1.28. The number of hydrogen-bond acceptors (Lipinski definition) is 1. The van der Waals surface area contributed by atoms with Crippen molar-refractivity contribution in [3.8, 4) is 0 Å². The van der Waals surface area contributed by atoms with Gasteiger partial charge in [-0.2, -0.15) is 0 Å². The fourth-order valence-electron chi connectivity index (χ4n) is 2.80. The number of halogens is 1. The lowest BCUT2D eigenvalue weighted by molar-refractivity contribution is 0.690. The molecule has 0 unspecified atom stereocenters. The first-order valence-corrected chi connectivity index (χ1v) is 7.61. The number of fused-ring (bicyclic) bond motifs is 1. The Balaban J connectivity index is 1.90. The molecule has 0 spiro atoms. The van der Waals surface area contributed by atoms with Crippen molar-refractivity contribution < 1.29 is 0 Å². The van der Waals surface area contributed by atoms with Crippen molar-refractivity contribution in [2.75, 3.05) is 11.4 Å². The van der Waals surface area contributed by atoms with Crippen LogP contribution in [0.25, 0.3) is 0 Å². The van der Waals surface area contributed by atoms with Gasteiger partial charge in [0.1, 0.15) is 0 Å². The number of benzene rings is 2. The summed E-state index contributed by atoms with van der Waals surface area (Å²) in [5.41, 5.74) is 5.63. The smallest absolute Gasteiger partial charge is 0.0440 e. The fourth-order valence-corrected chi connectivity index (χ4v) is 3.21. The molecule has 2 aromatic carbocycles. The van der Waals surface area contributed by atoms with Crippen molar-refractivity contribution in [3.05, 3.63) is 63.6 Å². The summed E-state index contributed by atoms with van der Waals surface area (Å²) in [4.78, 5) is 2.50. The third-order valence-corrected chi connectivity index (χ3v) is 4.54. The molecule has 1 heterocycles. The molecule has 0 aromatic heterocycles. The number of aryl methyl sites for hydroxylation is 2. The molecule has 19 heavy (non-hydrogen) atoms. The lowest BCUT2D eigenvalue weighted by atomic mass is 9.99. The van der Waals surface area contributed by atoms with Crippen molar-refractivity contribution in [2.24, 2.45) is 0 Å². The van der Waals surface area contributed by atoms with E-state index in [2.05, 4.69) is 70.2 Å². The van der Waals surface area contributed by atoms with Gasteiger partial charge in [0.15, 0.2) is 0 Å². The molecule has 2 aromatic rings. The first kappa shape index (κ1) is 12.7. The summed E-state index contributed by atoms with van der Waals surface area (Å²) in [5, 5.41) is 0. The highest BCUT2D eigenvalue weighted by Crippen LogP contribution is 2.30. The van der Waals surface area contributed by atoms with Gasteiger partial charge in [0.05, 0.1) is 0 Å². The number of rotatable bonds is 2. The minimum atomic E-state index is 0.984. The Morgan fingerprint density at radius 3 is 2.84 bits per heavy atom. The van der Waals surface area contributed by atoms with Crippen LogP contribution in [0.4, 0.5) is 5.69 Å². The minimum absolute atomic E-state index is 0.984. The Labute approximate surface area is 123 Å². The highest BCUT2D eigenvalue weighted by Gasteiger charge is 2.17. The van der Waals surface area contributed by atoms with Crippen LogP contribution in [-0.2, 0) is 13.0 Å². The first-order valence-electron chi connectivity index (χ1n) is 6.82. The zero-order valence-corrected chi connectivity index (χ0v) is 12.8. The largest absolute Gasteiger partial charge is 0.367 e. The van der Waals surface area contributed by atoms with Crippen LogP contribution < -0.4 is 4.90 Å². The van der Waals surface area contributed by atoms with Crippen LogP contribution in [0, 0.1) is 6.92 Å². The monoisotopic (exact) mass is 315 g/mol. The fraction of sp³-hybridized carbons (Fsp3) is 0.294. The van der Waals surface area contributed by atoms with E-state index in [9.17, 15) is 0 Å². The molecule has 0 radical (unpaired) electrons. The molecule has 1 aliphatic heterocycles.